The van der Waals surface area contributed by atoms with Gasteiger partial charge in [-0.1, -0.05) is 30.3 Å². The van der Waals surface area contributed by atoms with Crippen molar-refractivity contribution in [3.8, 4) is 0 Å². The third-order valence-electron chi connectivity index (χ3n) is 5.97. The van der Waals surface area contributed by atoms with Crippen LogP contribution >= 0.6 is 0 Å². The van der Waals surface area contributed by atoms with Crippen LogP contribution in [-0.2, 0) is 30.9 Å². The van der Waals surface area contributed by atoms with Crippen molar-refractivity contribution in [3.63, 3.8) is 0 Å². The monoisotopic (exact) mass is 411 g/mol. The first kappa shape index (κ1) is 20.8. The summed E-state index contributed by atoms with van der Waals surface area (Å²) in [4.78, 5) is 11.6. The number of fused-ring (bicyclic) bond motifs is 1. The summed E-state index contributed by atoms with van der Waals surface area (Å²) in [5.41, 5.74) is 1.38. The van der Waals surface area contributed by atoms with E-state index in [2.05, 4.69) is 60.9 Å². The summed E-state index contributed by atoms with van der Waals surface area (Å²) in [6, 6.07) is 11.6. The lowest BCUT2D eigenvalue weighted by atomic mass is 10.1. The minimum atomic E-state index is 0.296. The first-order valence-corrected chi connectivity index (χ1v) is 10.9. The molecular weight excluding hydrogens is 378 g/mol. The SMILES string of the molecule is CN=C(NCC1CCCN1Cc1ccccc1)NC1CCc2nc(COC)nn2C1. The molecule has 4 rings (SSSR count). The van der Waals surface area contributed by atoms with E-state index in [-0.39, 0.29) is 0 Å². The Kier molecular flexibility index (Phi) is 6.96. The molecule has 8 nitrogen and oxygen atoms in total. The Bertz CT molecular complexity index is 835. The molecule has 2 unspecified atom stereocenters. The van der Waals surface area contributed by atoms with Crippen molar-refractivity contribution < 1.29 is 4.74 Å². The molecule has 8 heteroatoms. The van der Waals surface area contributed by atoms with E-state index in [1.54, 1.807) is 7.11 Å². The number of aryl methyl sites for hydroxylation is 1. The predicted molar refractivity (Wildman–Crippen MR) is 117 cm³/mol. The fraction of sp³-hybridized carbons (Fsp3) is 0.591. The molecule has 2 aliphatic rings. The third kappa shape index (κ3) is 5.17. The van der Waals surface area contributed by atoms with Crippen LogP contribution in [0.25, 0.3) is 0 Å². The van der Waals surface area contributed by atoms with E-state index >= 15 is 0 Å². The zero-order chi connectivity index (χ0) is 20.8. The predicted octanol–water partition coefficient (Wildman–Crippen LogP) is 1.57. The van der Waals surface area contributed by atoms with Crippen LogP contribution in [0.15, 0.2) is 35.3 Å². The molecule has 3 heterocycles. The number of rotatable bonds is 7. The molecule has 1 aromatic heterocycles. The number of guanidine groups is 1. The lowest BCUT2D eigenvalue weighted by Gasteiger charge is -2.28. The van der Waals surface area contributed by atoms with Crippen LogP contribution in [0.4, 0.5) is 0 Å². The van der Waals surface area contributed by atoms with Gasteiger partial charge < -0.3 is 15.4 Å². The number of aliphatic imine (C=N–C) groups is 1. The van der Waals surface area contributed by atoms with E-state index in [1.165, 1.54) is 18.4 Å². The standard InChI is InChI=1S/C22H33N7O/c1-23-22(25-18-10-11-21-26-20(16-30-2)27-29(21)15-18)24-13-19-9-6-12-28(19)14-17-7-4-3-5-8-17/h3-5,7-8,18-19H,6,9-16H2,1-2H3,(H2,23,24,25). The summed E-state index contributed by atoms with van der Waals surface area (Å²) >= 11 is 0. The van der Waals surface area contributed by atoms with Gasteiger partial charge in [0, 0.05) is 45.8 Å². The quantitative estimate of drug-likeness (QED) is 0.532. The maximum Gasteiger partial charge on any atom is 0.191 e. The average molecular weight is 412 g/mol. The van der Waals surface area contributed by atoms with Gasteiger partial charge in [-0.25, -0.2) is 9.67 Å². The number of nitrogens with zero attached hydrogens (tertiary/aromatic N) is 5. The first-order valence-electron chi connectivity index (χ1n) is 10.9. The summed E-state index contributed by atoms with van der Waals surface area (Å²) < 4.78 is 7.16. The van der Waals surface area contributed by atoms with Gasteiger partial charge in [-0.15, -0.1) is 0 Å². The van der Waals surface area contributed by atoms with Gasteiger partial charge in [-0.05, 0) is 31.4 Å². The van der Waals surface area contributed by atoms with Gasteiger partial charge in [-0.3, -0.25) is 9.89 Å². The van der Waals surface area contributed by atoms with Gasteiger partial charge in [0.2, 0.25) is 0 Å². The molecule has 1 saturated heterocycles. The number of aromatic nitrogens is 3. The van der Waals surface area contributed by atoms with E-state index in [9.17, 15) is 0 Å². The first-order chi connectivity index (χ1) is 14.7. The van der Waals surface area contributed by atoms with Crippen LogP contribution < -0.4 is 10.6 Å². The Morgan fingerprint density at radius 3 is 2.93 bits per heavy atom. The number of likely N-dealkylation sites (tertiary alicyclic amines) is 1. The van der Waals surface area contributed by atoms with Gasteiger partial charge >= 0.3 is 0 Å². The highest BCUT2D eigenvalue weighted by Crippen LogP contribution is 2.19. The largest absolute Gasteiger partial charge is 0.377 e. The van der Waals surface area contributed by atoms with E-state index in [0.29, 0.717) is 18.7 Å². The highest BCUT2D eigenvalue weighted by molar-refractivity contribution is 5.80. The van der Waals surface area contributed by atoms with Crippen LogP contribution in [0.2, 0.25) is 0 Å². The zero-order valence-electron chi connectivity index (χ0n) is 18.0. The normalized spacial score (nSPS) is 22.1. The molecule has 0 saturated carbocycles. The molecule has 0 aliphatic carbocycles. The molecule has 2 atom stereocenters. The number of hydrogen-bond donors (Lipinski definition) is 2. The maximum atomic E-state index is 5.15. The smallest absolute Gasteiger partial charge is 0.191 e. The molecule has 162 valence electrons. The van der Waals surface area contributed by atoms with E-state index in [4.69, 9.17) is 4.74 Å². The van der Waals surface area contributed by atoms with Gasteiger partial charge in [-0.2, -0.15) is 5.10 Å². The third-order valence-corrected chi connectivity index (χ3v) is 5.97. The van der Waals surface area contributed by atoms with E-state index in [0.717, 1.165) is 56.6 Å². The zero-order valence-corrected chi connectivity index (χ0v) is 18.0. The van der Waals surface area contributed by atoms with Crippen molar-refractivity contribution in [2.45, 2.75) is 57.5 Å². The number of ether oxygens (including phenoxy) is 1. The molecule has 2 aliphatic heterocycles. The van der Waals surface area contributed by atoms with Crippen LogP contribution in [0.3, 0.4) is 0 Å². The molecule has 0 spiro atoms. The lowest BCUT2D eigenvalue weighted by molar-refractivity contribution is 0.177. The summed E-state index contributed by atoms with van der Waals surface area (Å²) in [5.74, 6) is 2.67. The van der Waals surface area contributed by atoms with Gasteiger partial charge in [0.1, 0.15) is 12.4 Å². The number of nitrogens with one attached hydrogen (secondary N) is 2. The van der Waals surface area contributed by atoms with Crippen molar-refractivity contribution in [2.24, 2.45) is 4.99 Å². The second kappa shape index (κ2) is 10.0. The van der Waals surface area contributed by atoms with Gasteiger partial charge in [0.05, 0.1) is 6.54 Å². The molecular formula is C22H33N7O. The topological polar surface area (TPSA) is 79.6 Å². The van der Waals surface area contributed by atoms with E-state index < -0.39 is 0 Å². The average Bonchev–Trinajstić information content (AvgIpc) is 3.38. The summed E-state index contributed by atoms with van der Waals surface area (Å²) in [6.07, 6.45) is 4.42. The number of hydrogen-bond acceptors (Lipinski definition) is 5. The molecule has 2 aromatic rings. The molecule has 1 fully saturated rings. The van der Waals surface area contributed by atoms with Crippen molar-refractivity contribution in [2.75, 3.05) is 27.2 Å². The second-order valence-electron chi connectivity index (χ2n) is 8.14. The molecule has 0 bridgehead atoms. The van der Waals surface area contributed by atoms with Gasteiger partial charge in [0.25, 0.3) is 0 Å². The second-order valence-corrected chi connectivity index (χ2v) is 8.14. The molecule has 2 N–H and O–H groups in total. The Morgan fingerprint density at radius 1 is 1.27 bits per heavy atom. The van der Waals surface area contributed by atoms with Crippen LogP contribution in [0, 0.1) is 0 Å². The minimum Gasteiger partial charge on any atom is -0.377 e. The summed E-state index contributed by atoms with van der Waals surface area (Å²) in [6.45, 7) is 4.35. The lowest BCUT2D eigenvalue weighted by Crippen LogP contribution is -2.49. The summed E-state index contributed by atoms with van der Waals surface area (Å²) in [7, 11) is 3.51. The minimum absolute atomic E-state index is 0.296. The number of methoxy groups -OCH3 is 1. The number of benzene rings is 1. The molecule has 1 aromatic carbocycles. The Labute approximate surface area is 178 Å². The highest BCUT2D eigenvalue weighted by atomic mass is 16.5. The molecule has 0 radical (unpaired) electrons. The Morgan fingerprint density at radius 2 is 2.13 bits per heavy atom. The summed E-state index contributed by atoms with van der Waals surface area (Å²) in [5, 5.41) is 11.7. The van der Waals surface area contributed by atoms with Crippen molar-refractivity contribution in [1.29, 1.82) is 0 Å². The van der Waals surface area contributed by atoms with E-state index in [1.807, 2.05) is 11.7 Å². The fourth-order valence-corrected chi connectivity index (χ4v) is 4.42. The maximum absolute atomic E-state index is 5.15. The van der Waals surface area contributed by atoms with Crippen LogP contribution in [0.5, 0.6) is 0 Å². The van der Waals surface area contributed by atoms with Crippen LogP contribution in [-0.4, -0.2) is 65.0 Å². The fourth-order valence-electron chi connectivity index (χ4n) is 4.42. The van der Waals surface area contributed by atoms with Gasteiger partial charge in [0.15, 0.2) is 11.8 Å². The Balaban J connectivity index is 1.27. The molecule has 30 heavy (non-hydrogen) atoms. The Hall–Kier alpha value is -2.45. The van der Waals surface area contributed by atoms with Crippen molar-refractivity contribution >= 4 is 5.96 Å². The van der Waals surface area contributed by atoms with Crippen molar-refractivity contribution in [1.82, 2.24) is 30.3 Å². The molecule has 0 amide bonds. The van der Waals surface area contributed by atoms with Crippen molar-refractivity contribution in [3.05, 3.63) is 47.5 Å². The van der Waals surface area contributed by atoms with Crippen LogP contribution in [0.1, 0.15) is 36.5 Å². The highest BCUT2D eigenvalue weighted by Gasteiger charge is 2.26.